The van der Waals surface area contributed by atoms with E-state index in [4.69, 9.17) is 0 Å². The van der Waals surface area contributed by atoms with Gasteiger partial charge in [0.05, 0.1) is 0 Å². The third-order valence-corrected chi connectivity index (χ3v) is 0.727. The van der Waals surface area contributed by atoms with E-state index in [2.05, 4.69) is 16.9 Å². The van der Waals surface area contributed by atoms with E-state index < -0.39 is 5.97 Å². The van der Waals surface area contributed by atoms with Crippen molar-refractivity contribution in [3.8, 4) is 0 Å². The van der Waals surface area contributed by atoms with Crippen LogP contribution in [0.5, 0.6) is 0 Å². The van der Waals surface area contributed by atoms with Gasteiger partial charge in [-0.2, -0.15) is 0 Å². The van der Waals surface area contributed by atoms with Gasteiger partial charge in [-0.15, -0.1) is 0 Å². The Labute approximate surface area is 87.2 Å². The van der Waals surface area contributed by atoms with E-state index in [0.717, 1.165) is 0 Å². The maximum absolute atomic E-state index is 10.4. The van der Waals surface area contributed by atoms with Gasteiger partial charge in [0, 0.05) is 6.42 Å². The van der Waals surface area contributed by atoms with Gasteiger partial charge in [-0.25, -0.2) is 10.3 Å². The average molecular weight is 167 g/mol. The van der Waals surface area contributed by atoms with Crippen LogP contribution in [0.4, 0.5) is 0 Å². The van der Waals surface area contributed by atoms with E-state index in [1.165, 1.54) is 0 Å². The van der Waals surface area contributed by atoms with Crippen molar-refractivity contribution in [2.75, 3.05) is 0 Å². The van der Waals surface area contributed by atoms with Crippen molar-refractivity contribution in [2.45, 2.75) is 13.3 Å². The fourth-order valence-corrected chi connectivity index (χ4v) is 0.219. The minimum atomic E-state index is -0.428. The van der Waals surface area contributed by atoms with Crippen molar-refractivity contribution < 1.29 is 14.4 Å². The van der Waals surface area contributed by atoms with Crippen LogP contribution < -0.4 is 5.48 Å². The van der Waals surface area contributed by atoms with Gasteiger partial charge in [-0.3, -0.25) is 4.79 Å². The van der Waals surface area contributed by atoms with Crippen molar-refractivity contribution in [3.05, 3.63) is 12.3 Å². The number of nitrogens with one attached hydrogen (secondary N) is 1. The van der Waals surface area contributed by atoms with E-state index in [1.54, 1.807) is 6.92 Å². The molecule has 0 rings (SSSR count). The van der Waals surface area contributed by atoms with Crippen LogP contribution in [0.1, 0.15) is 13.3 Å². The molecule has 0 aliphatic heterocycles. The monoisotopic (exact) mass is 167 g/mol. The summed E-state index contributed by atoms with van der Waals surface area (Å²) in [5, 5.41) is 0. The zero-order valence-electron chi connectivity index (χ0n) is 5.72. The zero-order chi connectivity index (χ0) is 7.98. The van der Waals surface area contributed by atoms with Crippen LogP contribution >= 0.6 is 0 Å². The Kier molecular flexibility index (Phi) is 9.40. The number of hydrogen-bond acceptors (Lipinski definition) is 4. The molecule has 0 spiro atoms. The SMILES string of the molecule is C=C(C=O)NOC(=O)CC.[NaH]. The summed E-state index contributed by atoms with van der Waals surface area (Å²) in [5.41, 5.74) is 2.10. The first-order valence-corrected chi connectivity index (χ1v) is 2.80. The summed E-state index contributed by atoms with van der Waals surface area (Å²) in [6.07, 6.45) is 0.724. The standard InChI is InChI=1S/C6H9NO3.Na.H/c1-3-6(9)10-7-5(2)4-8;;/h4,7H,2-3H2,1H3;;. The number of carbonyl (C=O) groups excluding carboxylic acids is 2. The average Bonchev–Trinajstić information content (AvgIpc) is 1.99. The van der Waals surface area contributed by atoms with E-state index in [-0.39, 0.29) is 41.7 Å². The predicted octanol–water partition coefficient (Wildman–Crippen LogP) is -0.492. The fraction of sp³-hybridized carbons (Fsp3) is 0.333. The van der Waals surface area contributed by atoms with Crippen LogP contribution in [0.25, 0.3) is 0 Å². The Bertz CT molecular complexity index is 158. The topological polar surface area (TPSA) is 55.4 Å². The summed E-state index contributed by atoms with van der Waals surface area (Å²) in [5.74, 6) is -0.428. The summed E-state index contributed by atoms with van der Waals surface area (Å²) in [6.45, 7) is 4.87. The molecule has 0 heterocycles. The maximum atomic E-state index is 10.4. The summed E-state index contributed by atoms with van der Waals surface area (Å²) in [7, 11) is 0. The van der Waals surface area contributed by atoms with Crippen LogP contribution in [-0.2, 0) is 14.4 Å². The van der Waals surface area contributed by atoms with E-state index in [1.807, 2.05) is 0 Å². The van der Waals surface area contributed by atoms with Gasteiger partial charge in [0.1, 0.15) is 5.70 Å². The third kappa shape index (κ3) is 7.58. The second kappa shape index (κ2) is 7.78. The Balaban J connectivity index is 0. The molecule has 58 valence electrons. The second-order valence-electron chi connectivity index (χ2n) is 1.57. The Morgan fingerprint density at radius 1 is 1.73 bits per heavy atom. The third-order valence-electron chi connectivity index (χ3n) is 0.727. The fourth-order valence-electron chi connectivity index (χ4n) is 0.219. The first-order chi connectivity index (χ1) is 4.70. The quantitative estimate of drug-likeness (QED) is 0.265. The van der Waals surface area contributed by atoms with Gasteiger partial charge in [-0.1, -0.05) is 13.5 Å². The minimum absolute atomic E-state index is 0. The van der Waals surface area contributed by atoms with Gasteiger partial charge in [0.15, 0.2) is 6.29 Å². The summed E-state index contributed by atoms with van der Waals surface area (Å²) in [6, 6.07) is 0. The molecule has 0 atom stereocenters. The molecule has 0 saturated carbocycles. The van der Waals surface area contributed by atoms with E-state index in [0.29, 0.717) is 6.29 Å². The van der Waals surface area contributed by atoms with Crippen molar-refractivity contribution in [1.82, 2.24) is 5.48 Å². The number of allylic oxidation sites excluding steroid dienone is 1. The molecule has 5 heteroatoms. The number of hydrogen-bond donors (Lipinski definition) is 1. The zero-order valence-corrected chi connectivity index (χ0v) is 5.72. The molecule has 0 saturated heterocycles. The molecular formula is C6H10NNaO3. The van der Waals surface area contributed by atoms with Crippen LogP contribution in [0, 0.1) is 0 Å². The molecule has 0 aliphatic rings. The van der Waals surface area contributed by atoms with Crippen molar-refractivity contribution in [1.29, 1.82) is 0 Å². The number of rotatable bonds is 4. The summed E-state index contributed by atoms with van der Waals surface area (Å²) in [4.78, 5) is 24.6. The van der Waals surface area contributed by atoms with Gasteiger partial charge in [0.2, 0.25) is 0 Å². The van der Waals surface area contributed by atoms with Crippen LogP contribution in [0.2, 0.25) is 0 Å². The van der Waals surface area contributed by atoms with Gasteiger partial charge >= 0.3 is 35.5 Å². The molecule has 0 aromatic heterocycles. The molecule has 0 aromatic rings. The van der Waals surface area contributed by atoms with Crippen molar-refractivity contribution >= 4 is 41.8 Å². The molecule has 0 aromatic carbocycles. The molecule has 11 heavy (non-hydrogen) atoms. The Morgan fingerprint density at radius 2 is 2.27 bits per heavy atom. The van der Waals surface area contributed by atoms with E-state index >= 15 is 0 Å². The molecular weight excluding hydrogens is 157 g/mol. The summed E-state index contributed by atoms with van der Waals surface area (Å²) >= 11 is 0. The molecule has 0 radical (unpaired) electrons. The molecule has 0 aliphatic carbocycles. The molecule has 0 amide bonds. The molecule has 0 unspecified atom stereocenters. The predicted molar refractivity (Wildman–Crippen MR) is 41.9 cm³/mol. The van der Waals surface area contributed by atoms with Gasteiger partial charge in [0.25, 0.3) is 0 Å². The number of aldehydes is 1. The van der Waals surface area contributed by atoms with Crippen LogP contribution in [0.15, 0.2) is 12.3 Å². The summed E-state index contributed by atoms with van der Waals surface area (Å²) < 4.78 is 0. The van der Waals surface area contributed by atoms with Gasteiger partial charge in [-0.05, 0) is 0 Å². The first-order valence-electron chi connectivity index (χ1n) is 2.80. The van der Waals surface area contributed by atoms with Crippen molar-refractivity contribution in [3.63, 3.8) is 0 Å². The van der Waals surface area contributed by atoms with Crippen LogP contribution in [0.3, 0.4) is 0 Å². The second-order valence-corrected chi connectivity index (χ2v) is 1.57. The van der Waals surface area contributed by atoms with Crippen LogP contribution in [-0.4, -0.2) is 41.8 Å². The first kappa shape index (κ1) is 13.3. The number of carbonyl (C=O) groups is 2. The van der Waals surface area contributed by atoms with Crippen molar-refractivity contribution in [2.24, 2.45) is 0 Å². The number of hydroxylamine groups is 1. The normalized spacial score (nSPS) is 7.36. The Hall–Kier alpha value is -0.320. The molecule has 0 bridgehead atoms. The molecule has 4 nitrogen and oxygen atoms in total. The molecule has 0 fully saturated rings. The van der Waals surface area contributed by atoms with E-state index in [9.17, 15) is 9.59 Å². The Morgan fingerprint density at radius 3 is 2.64 bits per heavy atom. The van der Waals surface area contributed by atoms with Gasteiger partial charge < -0.3 is 4.84 Å². The molecule has 1 N–H and O–H groups in total.